The highest BCUT2D eigenvalue weighted by Gasteiger charge is 2.27. The SMILES string of the molecule is CC(C)C[C@H](N[C@@H](CCNC(=O)C(c1ccccc1)c1ccccc1)C(=O)O)C(=O)O. The summed E-state index contributed by atoms with van der Waals surface area (Å²) in [7, 11) is 0. The molecular formula is C24H30N2O5. The molecule has 0 heterocycles. The molecule has 0 saturated carbocycles. The van der Waals surface area contributed by atoms with Crippen LogP contribution in [0.3, 0.4) is 0 Å². The van der Waals surface area contributed by atoms with Crippen molar-refractivity contribution in [2.24, 2.45) is 5.92 Å². The van der Waals surface area contributed by atoms with Gasteiger partial charge in [-0.2, -0.15) is 0 Å². The molecule has 0 aliphatic rings. The molecule has 0 fully saturated rings. The molecule has 0 spiro atoms. The highest BCUT2D eigenvalue weighted by atomic mass is 16.4. The van der Waals surface area contributed by atoms with E-state index in [4.69, 9.17) is 0 Å². The van der Waals surface area contributed by atoms with Gasteiger partial charge in [0.1, 0.15) is 12.1 Å². The van der Waals surface area contributed by atoms with Crippen molar-refractivity contribution in [3.05, 3.63) is 71.8 Å². The number of benzene rings is 2. The smallest absolute Gasteiger partial charge is 0.320 e. The van der Waals surface area contributed by atoms with Crippen LogP contribution in [-0.2, 0) is 14.4 Å². The van der Waals surface area contributed by atoms with Gasteiger partial charge in [-0.3, -0.25) is 19.7 Å². The van der Waals surface area contributed by atoms with E-state index in [-0.39, 0.29) is 24.8 Å². The Bertz CT molecular complexity index is 815. The maximum atomic E-state index is 13.0. The van der Waals surface area contributed by atoms with E-state index in [1.807, 2.05) is 74.5 Å². The number of carbonyl (C=O) groups excluding carboxylic acids is 1. The van der Waals surface area contributed by atoms with Gasteiger partial charge in [0, 0.05) is 6.54 Å². The standard InChI is InChI=1S/C24H30N2O5/c1-16(2)15-20(24(30)31)26-19(23(28)29)13-14-25-22(27)21(17-9-5-3-6-10-17)18-11-7-4-8-12-18/h3-12,16,19-21,26H,13-15H2,1-2H3,(H,25,27)(H,28,29)(H,30,31)/t19-,20-/m0/s1. The van der Waals surface area contributed by atoms with E-state index in [9.17, 15) is 24.6 Å². The first-order valence-electron chi connectivity index (χ1n) is 10.4. The molecule has 0 radical (unpaired) electrons. The summed E-state index contributed by atoms with van der Waals surface area (Å²) in [6.45, 7) is 3.86. The lowest BCUT2D eigenvalue weighted by Crippen LogP contribution is -2.49. The first-order valence-corrected chi connectivity index (χ1v) is 10.4. The van der Waals surface area contributed by atoms with Gasteiger partial charge >= 0.3 is 11.9 Å². The quantitative estimate of drug-likeness (QED) is 0.415. The molecule has 2 atom stereocenters. The van der Waals surface area contributed by atoms with Crippen molar-refractivity contribution >= 4 is 17.8 Å². The van der Waals surface area contributed by atoms with Gasteiger partial charge in [0.25, 0.3) is 0 Å². The topological polar surface area (TPSA) is 116 Å². The molecule has 0 bridgehead atoms. The van der Waals surface area contributed by atoms with Crippen molar-refractivity contribution in [2.75, 3.05) is 6.54 Å². The Balaban J connectivity index is 2.05. The zero-order valence-electron chi connectivity index (χ0n) is 17.8. The maximum absolute atomic E-state index is 13.0. The molecule has 0 aliphatic carbocycles. The van der Waals surface area contributed by atoms with Crippen molar-refractivity contribution < 1.29 is 24.6 Å². The minimum atomic E-state index is -1.15. The predicted octanol–water partition coefficient (Wildman–Crippen LogP) is 2.87. The fraction of sp³-hybridized carbons (Fsp3) is 0.375. The number of nitrogens with one attached hydrogen (secondary N) is 2. The summed E-state index contributed by atoms with van der Waals surface area (Å²) in [5.74, 6) is -2.89. The summed E-state index contributed by atoms with van der Waals surface area (Å²) in [5.41, 5.74) is 1.67. The molecule has 166 valence electrons. The monoisotopic (exact) mass is 426 g/mol. The Labute approximate surface area is 182 Å². The van der Waals surface area contributed by atoms with Gasteiger partial charge < -0.3 is 15.5 Å². The molecule has 0 unspecified atom stereocenters. The van der Waals surface area contributed by atoms with Gasteiger partial charge in [0.15, 0.2) is 0 Å². The molecule has 2 aromatic carbocycles. The van der Waals surface area contributed by atoms with Crippen molar-refractivity contribution in [2.45, 2.75) is 44.7 Å². The molecule has 7 heteroatoms. The van der Waals surface area contributed by atoms with Crippen LogP contribution in [0, 0.1) is 5.92 Å². The van der Waals surface area contributed by atoms with Crippen molar-refractivity contribution in [3.63, 3.8) is 0 Å². The van der Waals surface area contributed by atoms with Crippen molar-refractivity contribution in [1.82, 2.24) is 10.6 Å². The number of aliphatic carboxylic acids is 2. The van der Waals surface area contributed by atoms with Crippen LogP contribution in [0.4, 0.5) is 0 Å². The third-order valence-electron chi connectivity index (χ3n) is 4.97. The summed E-state index contributed by atoms with van der Waals surface area (Å²) in [6.07, 6.45) is 0.384. The minimum absolute atomic E-state index is 0.0687. The highest BCUT2D eigenvalue weighted by Crippen LogP contribution is 2.24. The summed E-state index contributed by atoms with van der Waals surface area (Å²) < 4.78 is 0. The maximum Gasteiger partial charge on any atom is 0.320 e. The summed E-state index contributed by atoms with van der Waals surface area (Å²) in [5, 5.41) is 24.4. The van der Waals surface area contributed by atoms with E-state index in [0.717, 1.165) is 11.1 Å². The van der Waals surface area contributed by atoms with Crippen LogP contribution >= 0.6 is 0 Å². The molecule has 0 saturated heterocycles. The molecule has 1 amide bonds. The Kier molecular flexibility index (Phi) is 9.21. The lowest BCUT2D eigenvalue weighted by Gasteiger charge is -2.22. The lowest BCUT2D eigenvalue weighted by molar-refractivity contribution is -0.143. The van der Waals surface area contributed by atoms with Gasteiger partial charge in [-0.15, -0.1) is 0 Å². The molecule has 0 aromatic heterocycles. The highest BCUT2D eigenvalue weighted by molar-refractivity contribution is 5.87. The summed E-state index contributed by atoms with van der Waals surface area (Å²) >= 11 is 0. The van der Waals surface area contributed by atoms with E-state index in [1.165, 1.54) is 0 Å². The number of hydrogen-bond donors (Lipinski definition) is 4. The van der Waals surface area contributed by atoms with Gasteiger partial charge in [-0.25, -0.2) is 0 Å². The van der Waals surface area contributed by atoms with E-state index >= 15 is 0 Å². The Morgan fingerprint density at radius 2 is 1.29 bits per heavy atom. The van der Waals surface area contributed by atoms with E-state index in [2.05, 4.69) is 10.6 Å². The molecule has 7 nitrogen and oxygen atoms in total. The average molecular weight is 427 g/mol. The van der Waals surface area contributed by atoms with Gasteiger partial charge in [-0.1, -0.05) is 74.5 Å². The molecule has 2 rings (SSSR count). The van der Waals surface area contributed by atoms with E-state index in [0.29, 0.717) is 6.42 Å². The zero-order chi connectivity index (χ0) is 22.8. The van der Waals surface area contributed by atoms with Gasteiger partial charge in [-0.05, 0) is 29.9 Å². The summed E-state index contributed by atoms with van der Waals surface area (Å²) in [6, 6.07) is 16.7. The zero-order valence-corrected chi connectivity index (χ0v) is 17.8. The normalized spacial score (nSPS) is 13.0. The second-order valence-electron chi connectivity index (χ2n) is 7.91. The van der Waals surface area contributed by atoms with E-state index in [1.54, 1.807) is 0 Å². The second kappa shape index (κ2) is 11.9. The third kappa shape index (κ3) is 7.53. The van der Waals surface area contributed by atoms with Crippen LogP contribution in [0.5, 0.6) is 0 Å². The van der Waals surface area contributed by atoms with Crippen LogP contribution < -0.4 is 10.6 Å². The number of hydrogen-bond acceptors (Lipinski definition) is 4. The molecular weight excluding hydrogens is 396 g/mol. The average Bonchev–Trinajstić information content (AvgIpc) is 2.73. The molecule has 0 aliphatic heterocycles. The third-order valence-corrected chi connectivity index (χ3v) is 4.97. The predicted molar refractivity (Wildman–Crippen MR) is 118 cm³/mol. The minimum Gasteiger partial charge on any atom is -0.480 e. The first kappa shape index (κ1) is 24.1. The van der Waals surface area contributed by atoms with Crippen molar-refractivity contribution in [1.29, 1.82) is 0 Å². The number of rotatable bonds is 12. The number of carbonyl (C=O) groups is 3. The first-order chi connectivity index (χ1) is 14.8. The van der Waals surface area contributed by atoms with E-state index < -0.39 is 29.9 Å². The van der Waals surface area contributed by atoms with Crippen LogP contribution in [0.1, 0.15) is 43.7 Å². The second-order valence-corrected chi connectivity index (χ2v) is 7.91. The fourth-order valence-corrected chi connectivity index (χ4v) is 3.46. The molecule has 4 N–H and O–H groups in total. The molecule has 2 aromatic rings. The Morgan fingerprint density at radius 3 is 1.71 bits per heavy atom. The van der Waals surface area contributed by atoms with Crippen LogP contribution in [0.25, 0.3) is 0 Å². The number of carboxylic acid groups (broad SMARTS) is 2. The van der Waals surface area contributed by atoms with Crippen LogP contribution in [0.2, 0.25) is 0 Å². The number of carboxylic acids is 2. The Hall–Kier alpha value is -3.19. The number of amides is 1. The van der Waals surface area contributed by atoms with Crippen molar-refractivity contribution in [3.8, 4) is 0 Å². The largest absolute Gasteiger partial charge is 0.480 e. The fourth-order valence-electron chi connectivity index (χ4n) is 3.46. The van der Waals surface area contributed by atoms with Gasteiger partial charge in [0.05, 0.1) is 5.92 Å². The summed E-state index contributed by atoms with van der Waals surface area (Å²) in [4.78, 5) is 36.1. The molecule has 31 heavy (non-hydrogen) atoms. The van der Waals surface area contributed by atoms with Crippen LogP contribution in [0.15, 0.2) is 60.7 Å². The van der Waals surface area contributed by atoms with Gasteiger partial charge in [0.2, 0.25) is 5.91 Å². The lowest BCUT2D eigenvalue weighted by atomic mass is 9.90. The Morgan fingerprint density at radius 1 is 0.806 bits per heavy atom. The van der Waals surface area contributed by atoms with Crippen LogP contribution in [-0.4, -0.2) is 46.7 Å².